The molecule has 0 radical (unpaired) electrons. The number of aryl methyl sites for hydroxylation is 1. The van der Waals surface area contributed by atoms with Gasteiger partial charge in [0.1, 0.15) is 37.2 Å². The fraction of sp³-hybridized carbons (Fsp3) is 0.438. The van der Waals surface area contributed by atoms with Crippen LogP contribution in [-0.2, 0) is 76.7 Å². The maximum absolute atomic E-state index is 14.0. The summed E-state index contributed by atoms with van der Waals surface area (Å²) in [6, 6.07) is 32.7. The van der Waals surface area contributed by atoms with Crippen molar-refractivity contribution in [1.29, 1.82) is 0 Å². The molecule has 0 spiro atoms. The number of benzene rings is 5. The fourth-order valence-electron chi connectivity index (χ4n) is 11.7. The van der Waals surface area contributed by atoms with Crippen LogP contribution in [0.25, 0.3) is 11.1 Å². The number of hydrogen-bond donors (Lipinski definition) is 6. The van der Waals surface area contributed by atoms with Crippen LogP contribution in [0.15, 0.2) is 127 Å². The van der Waals surface area contributed by atoms with Gasteiger partial charge in [0.15, 0.2) is 11.9 Å². The van der Waals surface area contributed by atoms with Crippen LogP contribution >= 0.6 is 11.6 Å². The third-order valence-corrected chi connectivity index (χ3v) is 17.6. The second-order valence-corrected chi connectivity index (χ2v) is 26.3. The quantitative estimate of drug-likeness (QED) is 0.0130. The molecule has 7 N–H and O–H groups in total. The number of urea groups is 1. The molecule has 6 amide bonds. The van der Waals surface area contributed by atoms with E-state index in [0.29, 0.717) is 40.4 Å². The second kappa shape index (κ2) is 33.3. The Hall–Kier alpha value is -9.08. The molecule has 0 bridgehead atoms. The summed E-state index contributed by atoms with van der Waals surface area (Å²) >= 11 is 6.40. The number of fused-ring (bicyclic) bond motifs is 3. The SMILES string of the molecule is COc1ccc(C[C@H]2NC(=O)/C=C/C[C@@H]([C@H](C)[C@@H]3O[C@H]3c3ccc(CCC(=O)OCc4ccc(NC(=O)C(CCCNC(N)=O)CC(=O)[C@@H](NC(=O)OCC5c6ccccc6-c6ccccc65)C(C)C)cc4)cc3)OC(=O)[C@H](CC(C)C)OC(=O)C(C)(C)CNC2=O)cc1Cl. The van der Waals surface area contributed by atoms with E-state index >= 15 is 0 Å². The van der Waals surface area contributed by atoms with Crippen molar-refractivity contribution < 1.29 is 71.6 Å². The van der Waals surface area contributed by atoms with Crippen molar-refractivity contribution >= 4 is 70.8 Å². The summed E-state index contributed by atoms with van der Waals surface area (Å²) < 4.78 is 34.9. The highest BCUT2D eigenvalue weighted by atomic mass is 35.5. The smallest absolute Gasteiger partial charge is 0.407 e. The first-order valence-corrected chi connectivity index (χ1v) is 32.7. The zero-order valence-corrected chi connectivity index (χ0v) is 55.8. The van der Waals surface area contributed by atoms with Gasteiger partial charge in [-0.1, -0.05) is 143 Å². The van der Waals surface area contributed by atoms with Crippen molar-refractivity contribution in [3.05, 3.63) is 166 Å². The van der Waals surface area contributed by atoms with E-state index < -0.39 is 95.4 Å². The van der Waals surface area contributed by atoms with Crippen molar-refractivity contribution in [2.45, 2.75) is 149 Å². The lowest BCUT2D eigenvalue weighted by Gasteiger charge is -2.29. The van der Waals surface area contributed by atoms with Crippen LogP contribution in [0.4, 0.5) is 15.3 Å². The molecule has 5 aromatic carbocycles. The molecule has 0 saturated carbocycles. The number of ketones is 1. The number of hydrogen-bond acceptors (Lipinski definition) is 15. The summed E-state index contributed by atoms with van der Waals surface area (Å²) in [5, 5.41) is 14.1. The van der Waals surface area contributed by atoms with Gasteiger partial charge in [-0.3, -0.25) is 28.8 Å². The Morgan fingerprint density at radius 1 is 0.811 bits per heavy atom. The number of ether oxygens (including phenoxy) is 6. The number of methoxy groups -OCH3 is 1. The van der Waals surface area contributed by atoms with E-state index in [0.717, 1.165) is 33.4 Å². The summed E-state index contributed by atoms with van der Waals surface area (Å²) in [4.78, 5) is 121. The summed E-state index contributed by atoms with van der Waals surface area (Å²) in [6.45, 7) is 12.5. The highest BCUT2D eigenvalue weighted by Gasteiger charge is 2.48. The lowest BCUT2D eigenvalue weighted by molar-refractivity contribution is -0.179. The van der Waals surface area contributed by atoms with E-state index in [1.165, 1.54) is 13.2 Å². The van der Waals surface area contributed by atoms with E-state index in [2.05, 4.69) is 26.6 Å². The minimum absolute atomic E-state index is 0.0243. The van der Waals surface area contributed by atoms with Crippen molar-refractivity contribution in [2.24, 2.45) is 34.8 Å². The molecule has 506 valence electrons. The van der Waals surface area contributed by atoms with E-state index in [1.54, 1.807) is 76.2 Å². The molecule has 22 heteroatoms. The number of primary amides is 1. The lowest BCUT2D eigenvalue weighted by Crippen LogP contribution is -2.51. The van der Waals surface area contributed by atoms with Crippen molar-refractivity contribution in [2.75, 3.05) is 32.1 Å². The number of nitrogens with one attached hydrogen (secondary N) is 5. The number of anilines is 1. The number of esters is 3. The van der Waals surface area contributed by atoms with Crippen LogP contribution in [0, 0.1) is 29.1 Å². The lowest BCUT2D eigenvalue weighted by atomic mass is 9.89. The summed E-state index contributed by atoms with van der Waals surface area (Å²) in [5.74, 6) is -5.15. The van der Waals surface area contributed by atoms with Gasteiger partial charge in [0.2, 0.25) is 17.7 Å². The van der Waals surface area contributed by atoms with E-state index in [9.17, 15) is 43.2 Å². The van der Waals surface area contributed by atoms with Gasteiger partial charge in [0.25, 0.3) is 0 Å². The summed E-state index contributed by atoms with van der Waals surface area (Å²) in [6.07, 6.45) is 0.485. The number of alkyl carbamates (subject to hydrolysis) is 1. The molecule has 8 rings (SSSR count). The minimum atomic E-state index is -1.28. The molecule has 95 heavy (non-hydrogen) atoms. The molecule has 8 atom stereocenters. The van der Waals surface area contributed by atoms with Gasteiger partial charge < -0.3 is 60.7 Å². The van der Waals surface area contributed by atoms with Gasteiger partial charge in [-0.25, -0.2) is 14.4 Å². The van der Waals surface area contributed by atoms with Gasteiger partial charge in [0.05, 0.1) is 29.7 Å². The van der Waals surface area contributed by atoms with Crippen LogP contribution < -0.4 is 37.1 Å². The molecular weight excluding hydrogens is 1240 g/mol. The standard InChI is InChI=1S/C73H87ClN6O15/c1-42(2)35-61-69(86)93-59(20-13-21-62(82)79-57(37-47-26-32-60(90-8)56(74)36-47)68(85)77-41-73(6,7)70(87)94-61)44(5)65-66(95-65)48-28-22-45(23-29-48)27-33-63(83)91-39-46-24-30-50(31-25-46)78-67(84)49(15-14-34-76-71(75)88)38-58(81)64(43(3)4)80-72(89)92-40-55-53-18-11-9-16-51(53)52-17-10-12-19-54(52)55/h9-13,16-19,21-26,28-32,36,42-44,49,55,57,59,61,64-66H,14-15,20,27,33-35,37-41H2,1-8H3,(H,77,85)(H,78,84)(H,79,82)(H,80,89)(H3,75,76,88)/b21-13+/t44-,49?,57+,59-,61-,64-,65-,66-/m0/s1. The molecule has 1 fully saturated rings. The van der Waals surface area contributed by atoms with E-state index in [1.807, 2.05) is 93.6 Å². The van der Waals surface area contributed by atoms with Crippen LogP contribution in [-0.4, -0.2) is 111 Å². The molecule has 1 unspecified atom stereocenters. The maximum Gasteiger partial charge on any atom is 0.407 e. The Morgan fingerprint density at radius 2 is 1.47 bits per heavy atom. The molecule has 1 aliphatic carbocycles. The maximum atomic E-state index is 14.0. The highest BCUT2D eigenvalue weighted by molar-refractivity contribution is 6.32. The van der Waals surface area contributed by atoms with Gasteiger partial charge in [0, 0.05) is 62.2 Å². The number of carbonyl (C=O) groups excluding carboxylic acids is 9. The summed E-state index contributed by atoms with van der Waals surface area (Å²) in [5.41, 5.74) is 11.8. The molecular formula is C73H87ClN6O15. The van der Waals surface area contributed by atoms with Gasteiger partial charge in [-0.2, -0.15) is 0 Å². The second-order valence-electron chi connectivity index (χ2n) is 25.9. The summed E-state index contributed by atoms with van der Waals surface area (Å²) in [7, 11) is 1.49. The largest absolute Gasteiger partial charge is 0.495 e. The Morgan fingerprint density at radius 3 is 2.12 bits per heavy atom. The first-order chi connectivity index (χ1) is 45.4. The first-order valence-electron chi connectivity index (χ1n) is 32.3. The third kappa shape index (κ3) is 20.2. The number of carbonyl (C=O) groups is 9. The Balaban J connectivity index is 0.821. The number of cyclic esters (lactones) is 2. The predicted molar refractivity (Wildman–Crippen MR) is 357 cm³/mol. The van der Waals surface area contributed by atoms with Crippen molar-refractivity contribution in [3.63, 3.8) is 0 Å². The highest BCUT2D eigenvalue weighted by Crippen LogP contribution is 2.46. The van der Waals surface area contributed by atoms with Crippen molar-refractivity contribution in [3.8, 4) is 16.9 Å². The number of Topliss-reactive ketones (excluding diaryl/α,β-unsaturated/α-hetero) is 1. The number of nitrogens with two attached hydrogens (primary N) is 1. The number of halogens is 1. The predicted octanol–water partition coefficient (Wildman–Crippen LogP) is 10.3. The molecule has 5 aromatic rings. The average molecular weight is 1320 g/mol. The molecule has 3 aliphatic rings. The first kappa shape index (κ1) is 71.8. The van der Waals surface area contributed by atoms with Crippen LogP contribution in [0.3, 0.4) is 0 Å². The van der Waals surface area contributed by atoms with Crippen LogP contribution in [0.5, 0.6) is 5.75 Å². The van der Waals surface area contributed by atoms with Gasteiger partial charge in [-0.05, 0) is 126 Å². The fourth-order valence-corrected chi connectivity index (χ4v) is 12.0. The minimum Gasteiger partial charge on any atom is -0.495 e. The van der Waals surface area contributed by atoms with Gasteiger partial charge in [-0.15, -0.1) is 0 Å². The Labute approximate surface area is 559 Å². The van der Waals surface area contributed by atoms with Gasteiger partial charge >= 0.3 is 30.0 Å². The number of rotatable bonds is 26. The Kier molecular flexibility index (Phi) is 25.2. The molecule has 21 nitrogen and oxygen atoms in total. The topological polar surface area (TPSA) is 298 Å². The van der Waals surface area contributed by atoms with Crippen LogP contribution in [0.2, 0.25) is 5.02 Å². The Bertz CT molecular complexity index is 3550. The molecule has 0 aromatic heterocycles. The molecule has 2 heterocycles. The molecule has 2 aliphatic heterocycles. The normalized spacial score (nSPS) is 20.1. The molecule has 1 saturated heterocycles. The number of amides is 6. The van der Waals surface area contributed by atoms with E-state index in [-0.39, 0.29) is 94.5 Å². The zero-order valence-electron chi connectivity index (χ0n) is 55.0. The van der Waals surface area contributed by atoms with Crippen LogP contribution in [0.1, 0.15) is 132 Å². The average Bonchev–Trinajstić information content (AvgIpc) is 1.63. The number of epoxide rings is 1. The van der Waals surface area contributed by atoms with E-state index in [4.69, 9.17) is 45.8 Å². The monoisotopic (exact) mass is 1320 g/mol. The third-order valence-electron chi connectivity index (χ3n) is 17.3. The zero-order chi connectivity index (χ0) is 68.5. The van der Waals surface area contributed by atoms with Crippen molar-refractivity contribution in [1.82, 2.24) is 21.3 Å².